The van der Waals surface area contributed by atoms with Crippen LogP contribution in [-0.4, -0.2) is 101 Å². The van der Waals surface area contributed by atoms with Crippen LogP contribution >= 0.6 is 0 Å². The summed E-state index contributed by atoms with van der Waals surface area (Å²) < 4.78 is 14.8. The van der Waals surface area contributed by atoms with Crippen molar-refractivity contribution < 1.29 is 19.1 Å². The molecule has 0 bridgehead atoms. The van der Waals surface area contributed by atoms with Crippen LogP contribution in [0.5, 0.6) is 5.75 Å². The summed E-state index contributed by atoms with van der Waals surface area (Å²) in [6, 6.07) is 7.16. The summed E-state index contributed by atoms with van der Waals surface area (Å²) in [4.78, 5) is 40.0. The van der Waals surface area contributed by atoms with Crippen LogP contribution in [0.1, 0.15) is 63.6 Å². The zero-order chi connectivity index (χ0) is 34.4. The highest BCUT2D eigenvalue weighted by atomic mass is 16.5. The minimum absolute atomic E-state index is 0.0691. The molecule has 0 radical (unpaired) electrons. The molecule has 0 spiro atoms. The molecule has 13 nitrogen and oxygen atoms in total. The molecule has 48 heavy (non-hydrogen) atoms. The first kappa shape index (κ1) is 34.6. The third kappa shape index (κ3) is 7.37. The van der Waals surface area contributed by atoms with E-state index in [0.29, 0.717) is 73.3 Å². The molecule has 1 aliphatic heterocycles. The van der Waals surface area contributed by atoms with Gasteiger partial charge in [0.1, 0.15) is 11.6 Å². The normalized spacial score (nSPS) is 12.1. The van der Waals surface area contributed by atoms with Crippen LogP contribution in [0.15, 0.2) is 36.7 Å². The molecule has 1 aliphatic rings. The Hall–Kier alpha value is -4.75. The number of fused-ring (bicyclic) bond motifs is 3. The van der Waals surface area contributed by atoms with Crippen molar-refractivity contribution in [1.82, 2.24) is 34.1 Å². The van der Waals surface area contributed by atoms with E-state index in [1.165, 1.54) is 0 Å². The molecule has 2 amide bonds. The van der Waals surface area contributed by atoms with E-state index in [4.69, 9.17) is 19.6 Å². The lowest BCUT2D eigenvalue weighted by Crippen LogP contribution is -2.29. The largest absolute Gasteiger partial charge is 0.495 e. The molecule has 0 saturated carbocycles. The summed E-state index contributed by atoms with van der Waals surface area (Å²) >= 11 is 0. The Morgan fingerprint density at radius 1 is 1.04 bits per heavy atom. The average Bonchev–Trinajstić information content (AvgIpc) is 3.68. The van der Waals surface area contributed by atoms with Crippen LogP contribution in [-0.2, 0) is 37.0 Å². The number of nitrogens with one attached hydrogen (secondary N) is 2. The summed E-state index contributed by atoms with van der Waals surface area (Å²) in [6.45, 7) is 6.84. The number of benzene rings is 1. The molecule has 4 heterocycles. The van der Waals surface area contributed by atoms with Gasteiger partial charge in [0, 0.05) is 49.9 Å². The number of hydrogen-bond donors (Lipinski definition) is 2. The molecule has 256 valence electrons. The van der Waals surface area contributed by atoms with Crippen molar-refractivity contribution in [3.05, 3.63) is 70.4 Å². The summed E-state index contributed by atoms with van der Waals surface area (Å²) in [5, 5.41) is 11.2. The van der Waals surface area contributed by atoms with Gasteiger partial charge in [0.2, 0.25) is 5.95 Å². The second-order valence-electron chi connectivity index (χ2n) is 12.2. The number of amides is 2. The van der Waals surface area contributed by atoms with Gasteiger partial charge in [-0.25, -0.2) is 4.98 Å². The van der Waals surface area contributed by atoms with Crippen LogP contribution in [0, 0.1) is 0 Å². The van der Waals surface area contributed by atoms with Crippen LogP contribution < -0.4 is 15.4 Å². The second kappa shape index (κ2) is 15.4. The Bertz CT molecular complexity index is 1760. The third-order valence-electron chi connectivity index (χ3n) is 8.62. The Kier molecular flexibility index (Phi) is 11.1. The lowest BCUT2D eigenvalue weighted by Gasteiger charge is -2.21. The number of carbonyl (C=O) groups is 2. The molecule has 2 N–H and O–H groups in total. The minimum Gasteiger partial charge on any atom is -0.495 e. The first-order chi connectivity index (χ1) is 23.2. The van der Waals surface area contributed by atoms with E-state index in [-0.39, 0.29) is 11.8 Å². The van der Waals surface area contributed by atoms with E-state index in [0.717, 1.165) is 47.7 Å². The maximum Gasteiger partial charge on any atom is 0.257 e. The standard InChI is InChI=1S/C35H47N9O4/c1-8-26-31(28(9-2)44(40-26)19-20-47-6)38-33(45)25-15-18-43-29(25)14-12-24-22-36-35(39-32(24)43)37-27-13-11-23(21-30(27)48-7)34(46)42(5)17-10-16-41(3)4/h11,13,15,18,21-22H,8-10,12,14,16-17,19-20H2,1-7H3,(H,38,45)(H,36,37,39). The second-order valence-corrected chi connectivity index (χ2v) is 12.2. The number of nitrogens with zero attached hydrogens (tertiary/aromatic N) is 7. The summed E-state index contributed by atoms with van der Waals surface area (Å²) in [6.07, 6.45) is 7.41. The molecule has 1 aromatic carbocycles. The topological polar surface area (TPSA) is 132 Å². The average molecular weight is 658 g/mol. The van der Waals surface area contributed by atoms with E-state index in [1.807, 2.05) is 55.8 Å². The van der Waals surface area contributed by atoms with E-state index in [1.54, 1.807) is 37.3 Å². The van der Waals surface area contributed by atoms with Crippen LogP contribution in [0.2, 0.25) is 0 Å². The van der Waals surface area contributed by atoms with Gasteiger partial charge in [-0.05, 0) is 77.0 Å². The lowest BCUT2D eigenvalue weighted by atomic mass is 10.0. The van der Waals surface area contributed by atoms with Crippen molar-refractivity contribution in [1.29, 1.82) is 0 Å². The number of anilines is 3. The monoisotopic (exact) mass is 657 g/mol. The first-order valence-electron chi connectivity index (χ1n) is 16.5. The molecule has 0 aliphatic carbocycles. The smallest absolute Gasteiger partial charge is 0.257 e. The summed E-state index contributed by atoms with van der Waals surface area (Å²) in [5.74, 6) is 1.36. The predicted octanol–water partition coefficient (Wildman–Crippen LogP) is 4.36. The number of hydrogen-bond acceptors (Lipinski definition) is 9. The maximum absolute atomic E-state index is 13.7. The van der Waals surface area contributed by atoms with Crippen LogP contribution in [0.4, 0.5) is 17.3 Å². The zero-order valence-electron chi connectivity index (χ0n) is 29.1. The molecule has 5 rings (SSSR count). The van der Waals surface area contributed by atoms with Crippen molar-refractivity contribution in [2.45, 2.75) is 52.5 Å². The lowest BCUT2D eigenvalue weighted by molar-refractivity contribution is 0.0790. The fraction of sp³-hybridized carbons (Fsp3) is 0.457. The van der Waals surface area contributed by atoms with Crippen molar-refractivity contribution in [3.63, 3.8) is 0 Å². The Balaban J connectivity index is 1.35. The van der Waals surface area contributed by atoms with Crippen molar-refractivity contribution in [3.8, 4) is 11.6 Å². The van der Waals surface area contributed by atoms with Gasteiger partial charge in [-0.1, -0.05) is 13.8 Å². The molecule has 4 aromatic rings. The molecule has 13 heteroatoms. The van der Waals surface area contributed by atoms with Gasteiger partial charge in [-0.3, -0.25) is 14.3 Å². The highest BCUT2D eigenvalue weighted by Gasteiger charge is 2.26. The first-order valence-corrected chi connectivity index (χ1v) is 16.5. The van der Waals surface area contributed by atoms with E-state index < -0.39 is 0 Å². The highest BCUT2D eigenvalue weighted by molar-refractivity contribution is 6.06. The third-order valence-corrected chi connectivity index (χ3v) is 8.62. The molecular formula is C35H47N9O4. The number of carbonyl (C=O) groups excluding carboxylic acids is 2. The van der Waals surface area contributed by atoms with E-state index in [9.17, 15) is 9.59 Å². The predicted molar refractivity (Wildman–Crippen MR) is 186 cm³/mol. The number of aromatic nitrogens is 5. The fourth-order valence-corrected chi connectivity index (χ4v) is 6.06. The molecule has 3 aromatic heterocycles. The zero-order valence-corrected chi connectivity index (χ0v) is 29.1. The molecular weight excluding hydrogens is 610 g/mol. The Morgan fingerprint density at radius 3 is 2.56 bits per heavy atom. The van der Waals surface area contributed by atoms with E-state index >= 15 is 0 Å². The quantitative estimate of drug-likeness (QED) is 0.191. The molecule has 0 atom stereocenters. The van der Waals surface area contributed by atoms with Gasteiger partial charge in [0.05, 0.1) is 48.6 Å². The summed E-state index contributed by atoms with van der Waals surface area (Å²) in [7, 11) is 9.09. The van der Waals surface area contributed by atoms with Crippen LogP contribution in [0.25, 0.3) is 5.82 Å². The van der Waals surface area contributed by atoms with Gasteiger partial charge < -0.3 is 34.5 Å². The molecule has 0 unspecified atom stereocenters. The van der Waals surface area contributed by atoms with Gasteiger partial charge in [0.25, 0.3) is 11.8 Å². The number of methoxy groups -OCH3 is 2. The highest BCUT2D eigenvalue weighted by Crippen LogP contribution is 2.32. The van der Waals surface area contributed by atoms with Gasteiger partial charge >= 0.3 is 0 Å². The van der Waals surface area contributed by atoms with E-state index in [2.05, 4.69) is 27.4 Å². The molecule has 0 fully saturated rings. The van der Waals surface area contributed by atoms with Gasteiger partial charge in [-0.15, -0.1) is 0 Å². The fourth-order valence-electron chi connectivity index (χ4n) is 6.06. The SMILES string of the molecule is CCc1nn(CCOC)c(CC)c1NC(=O)c1ccn2c1CCc1cnc(Nc3ccc(C(=O)N(C)CCCN(C)C)cc3OC)nc1-2. The van der Waals surface area contributed by atoms with Crippen molar-refractivity contribution in [2.24, 2.45) is 0 Å². The maximum atomic E-state index is 13.7. The number of aryl methyl sites for hydroxylation is 2. The Morgan fingerprint density at radius 2 is 1.85 bits per heavy atom. The van der Waals surface area contributed by atoms with Crippen molar-refractivity contribution >= 4 is 29.1 Å². The minimum atomic E-state index is -0.169. The van der Waals surface area contributed by atoms with Crippen LogP contribution in [0.3, 0.4) is 0 Å². The summed E-state index contributed by atoms with van der Waals surface area (Å²) in [5.41, 5.74) is 6.29. The van der Waals surface area contributed by atoms with Gasteiger partial charge in [-0.2, -0.15) is 10.1 Å². The number of rotatable bonds is 15. The van der Waals surface area contributed by atoms with Crippen molar-refractivity contribution in [2.75, 3.05) is 65.7 Å². The van der Waals surface area contributed by atoms with Gasteiger partial charge in [0.15, 0.2) is 0 Å². The Labute approximate surface area is 282 Å². The number of ether oxygens (including phenoxy) is 2. The molecule has 0 saturated heterocycles.